The van der Waals surface area contributed by atoms with Crippen molar-refractivity contribution >= 4 is 17.7 Å². The third-order valence-corrected chi connectivity index (χ3v) is 4.63. The maximum Gasteiger partial charge on any atom is 0.343 e. The lowest BCUT2D eigenvalue weighted by Crippen LogP contribution is -2.32. The molecule has 3 rings (SSSR count). The van der Waals surface area contributed by atoms with E-state index in [4.69, 9.17) is 4.74 Å². The normalized spacial score (nSPS) is 10.8. The molecule has 0 aliphatic carbocycles. The van der Waals surface area contributed by atoms with E-state index in [1.807, 2.05) is 42.3 Å². The van der Waals surface area contributed by atoms with Gasteiger partial charge < -0.3 is 10.1 Å². The van der Waals surface area contributed by atoms with Crippen molar-refractivity contribution in [2.45, 2.75) is 13.3 Å². The molecule has 0 spiro atoms. The fraction of sp³-hybridized carbons (Fsp3) is 0.261. The van der Waals surface area contributed by atoms with E-state index < -0.39 is 5.97 Å². The molecule has 0 saturated carbocycles. The Hall–Kier alpha value is -3.52. The number of nitrogens with zero attached hydrogens (tertiary/aromatic N) is 3. The molecule has 1 N–H and O–H groups in total. The van der Waals surface area contributed by atoms with Crippen molar-refractivity contribution in [3.8, 4) is 5.69 Å². The van der Waals surface area contributed by atoms with Crippen molar-refractivity contribution in [3.05, 3.63) is 77.7 Å². The van der Waals surface area contributed by atoms with Crippen LogP contribution in [0, 0.1) is 5.82 Å². The molecule has 0 radical (unpaired) electrons. The summed E-state index contributed by atoms with van der Waals surface area (Å²) in [5.74, 6) is -0.847. The smallest absolute Gasteiger partial charge is 0.343 e. The van der Waals surface area contributed by atoms with Gasteiger partial charge in [0, 0.05) is 6.54 Å². The summed E-state index contributed by atoms with van der Waals surface area (Å²) >= 11 is 0. The summed E-state index contributed by atoms with van der Waals surface area (Å²) in [5, 5.41) is 7.06. The number of rotatable bonds is 9. The number of halogens is 1. The molecule has 8 heteroatoms. The number of amides is 1. The van der Waals surface area contributed by atoms with Crippen molar-refractivity contribution < 1.29 is 18.7 Å². The molecular weight excluding hydrogens is 399 g/mol. The molecule has 162 valence electrons. The topological polar surface area (TPSA) is 76.5 Å². The van der Waals surface area contributed by atoms with E-state index in [0.29, 0.717) is 18.7 Å². The summed E-state index contributed by atoms with van der Waals surface area (Å²) in [5.41, 5.74) is 1.88. The molecule has 0 bridgehead atoms. The number of likely N-dealkylation sites (N-methyl/N-ethyl adjacent to an activating group) is 1. The molecule has 1 amide bonds. The fourth-order valence-corrected chi connectivity index (χ4v) is 3.06. The van der Waals surface area contributed by atoms with Crippen molar-refractivity contribution in [3.63, 3.8) is 0 Å². The van der Waals surface area contributed by atoms with Crippen molar-refractivity contribution in [2.24, 2.45) is 0 Å². The maximum absolute atomic E-state index is 13.0. The molecule has 7 nitrogen and oxygen atoms in total. The number of benzene rings is 2. The first-order valence-electron chi connectivity index (χ1n) is 10.0. The van der Waals surface area contributed by atoms with Crippen LogP contribution in [0.25, 0.3) is 5.69 Å². The Morgan fingerprint density at radius 3 is 2.52 bits per heavy atom. The highest BCUT2D eigenvalue weighted by Crippen LogP contribution is 2.21. The Labute approximate surface area is 180 Å². The van der Waals surface area contributed by atoms with Gasteiger partial charge in [-0.25, -0.2) is 13.9 Å². The summed E-state index contributed by atoms with van der Waals surface area (Å²) in [4.78, 5) is 26.9. The van der Waals surface area contributed by atoms with Crippen LogP contribution in [0.1, 0.15) is 22.8 Å². The quantitative estimate of drug-likeness (QED) is 0.534. The summed E-state index contributed by atoms with van der Waals surface area (Å²) < 4.78 is 19.6. The molecule has 0 fully saturated rings. The van der Waals surface area contributed by atoms with Gasteiger partial charge in [-0.2, -0.15) is 5.10 Å². The highest BCUT2D eigenvalue weighted by atomic mass is 19.1. The largest absolute Gasteiger partial charge is 0.462 e. The number of anilines is 1. The van der Waals surface area contributed by atoms with E-state index in [-0.39, 0.29) is 36.3 Å². The van der Waals surface area contributed by atoms with Crippen LogP contribution in [-0.2, 0) is 16.0 Å². The second-order valence-electron chi connectivity index (χ2n) is 7.04. The molecule has 0 aliphatic rings. The molecule has 3 aromatic rings. The second kappa shape index (κ2) is 10.5. The van der Waals surface area contributed by atoms with E-state index >= 15 is 0 Å². The Kier molecular flexibility index (Phi) is 7.50. The lowest BCUT2D eigenvalue weighted by atomic mass is 10.1. The van der Waals surface area contributed by atoms with Crippen LogP contribution in [0.3, 0.4) is 0 Å². The number of nitrogens with one attached hydrogen (secondary N) is 1. The maximum atomic E-state index is 13.0. The van der Waals surface area contributed by atoms with Gasteiger partial charge in [0.1, 0.15) is 11.4 Å². The molecule has 0 atom stereocenters. The molecular formula is C23H25FN4O3. The summed E-state index contributed by atoms with van der Waals surface area (Å²) in [6.45, 7) is 2.66. The summed E-state index contributed by atoms with van der Waals surface area (Å²) in [7, 11) is 1.82. The Balaban J connectivity index is 1.69. The van der Waals surface area contributed by atoms with Gasteiger partial charge >= 0.3 is 5.97 Å². The van der Waals surface area contributed by atoms with Crippen LogP contribution in [0.2, 0.25) is 0 Å². The van der Waals surface area contributed by atoms with E-state index in [1.54, 1.807) is 19.1 Å². The number of carbonyl (C=O) groups is 2. The van der Waals surface area contributed by atoms with E-state index in [1.165, 1.54) is 23.0 Å². The minimum atomic E-state index is -0.551. The number of hydrogen-bond donors (Lipinski definition) is 1. The third-order valence-electron chi connectivity index (χ3n) is 4.63. The minimum absolute atomic E-state index is 0.115. The average molecular weight is 424 g/mol. The first kappa shape index (κ1) is 22.2. The van der Waals surface area contributed by atoms with Crippen molar-refractivity contribution in [1.82, 2.24) is 14.7 Å². The lowest BCUT2D eigenvalue weighted by Gasteiger charge is -2.17. The van der Waals surface area contributed by atoms with Gasteiger partial charge in [-0.05, 0) is 50.2 Å². The zero-order valence-electron chi connectivity index (χ0n) is 17.5. The van der Waals surface area contributed by atoms with Gasteiger partial charge in [-0.1, -0.05) is 30.3 Å². The Morgan fingerprint density at radius 2 is 1.84 bits per heavy atom. The van der Waals surface area contributed by atoms with Crippen LogP contribution in [-0.4, -0.2) is 53.3 Å². The number of esters is 1. The number of hydrogen-bond acceptors (Lipinski definition) is 5. The predicted octanol–water partition coefficient (Wildman–Crippen LogP) is 3.30. The number of carbonyl (C=O) groups excluding carboxylic acids is 2. The Bertz CT molecular complexity index is 1020. The van der Waals surface area contributed by atoms with E-state index in [2.05, 4.69) is 10.4 Å². The van der Waals surface area contributed by atoms with Gasteiger partial charge in [-0.3, -0.25) is 9.69 Å². The van der Waals surface area contributed by atoms with Crippen LogP contribution in [0.15, 0.2) is 60.8 Å². The second-order valence-corrected chi connectivity index (χ2v) is 7.04. The Morgan fingerprint density at radius 1 is 1.13 bits per heavy atom. The van der Waals surface area contributed by atoms with Gasteiger partial charge in [0.15, 0.2) is 5.82 Å². The van der Waals surface area contributed by atoms with Gasteiger partial charge in [-0.15, -0.1) is 0 Å². The van der Waals surface area contributed by atoms with Gasteiger partial charge in [0.2, 0.25) is 5.91 Å². The first-order chi connectivity index (χ1) is 15.0. The van der Waals surface area contributed by atoms with Gasteiger partial charge in [0.25, 0.3) is 0 Å². The van der Waals surface area contributed by atoms with Crippen LogP contribution >= 0.6 is 0 Å². The molecule has 1 aromatic heterocycles. The van der Waals surface area contributed by atoms with Crippen molar-refractivity contribution in [2.75, 3.05) is 32.1 Å². The summed E-state index contributed by atoms with van der Waals surface area (Å²) in [6.07, 6.45) is 2.07. The predicted molar refractivity (Wildman–Crippen MR) is 116 cm³/mol. The summed E-state index contributed by atoms with van der Waals surface area (Å²) in [6, 6.07) is 15.5. The molecule has 0 saturated heterocycles. The highest BCUT2D eigenvalue weighted by Gasteiger charge is 2.22. The van der Waals surface area contributed by atoms with E-state index in [9.17, 15) is 14.0 Å². The molecule has 2 aromatic carbocycles. The highest BCUT2D eigenvalue weighted by molar-refractivity contribution is 6.01. The molecule has 0 unspecified atom stereocenters. The first-order valence-corrected chi connectivity index (χ1v) is 10.0. The SMILES string of the molecule is CCOC(=O)c1cnn(-c2ccccc2)c1NC(=O)CN(C)CCc1ccc(F)cc1. The zero-order chi connectivity index (χ0) is 22.2. The third kappa shape index (κ3) is 5.99. The fourth-order valence-electron chi connectivity index (χ4n) is 3.06. The van der Waals surface area contributed by atoms with Crippen LogP contribution in [0.5, 0.6) is 0 Å². The number of ether oxygens (including phenoxy) is 1. The average Bonchev–Trinajstić information content (AvgIpc) is 3.17. The molecule has 0 aliphatic heterocycles. The number of para-hydroxylation sites is 1. The standard InChI is InChI=1S/C23H25FN4O3/c1-3-31-23(30)20-15-25-28(19-7-5-4-6-8-19)22(20)26-21(29)16-27(2)14-13-17-9-11-18(24)12-10-17/h4-12,15H,3,13-14,16H2,1-2H3,(H,26,29). The van der Waals surface area contributed by atoms with E-state index in [0.717, 1.165) is 5.56 Å². The van der Waals surface area contributed by atoms with Gasteiger partial charge in [0.05, 0.1) is 25.0 Å². The molecule has 1 heterocycles. The lowest BCUT2D eigenvalue weighted by molar-refractivity contribution is -0.117. The number of aromatic nitrogens is 2. The monoisotopic (exact) mass is 424 g/mol. The van der Waals surface area contributed by atoms with Crippen LogP contribution in [0.4, 0.5) is 10.2 Å². The van der Waals surface area contributed by atoms with Crippen LogP contribution < -0.4 is 5.32 Å². The van der Waals surface area contributed by atoms with Crippen molar-refractivity contribution in [1.29, 1.82) is 0 Å². The minimum Gasteiger partial charge on any atom is -0.462 e. The zero-order valence-corrected chi connectivity index (χ0v) is 17.5. The molecule has 31 heavy (non-hydrogen) atoms.